The van der Waals surface area contributed by atoms with E-state index in [1.165, 1.54) is 0 Å². The summed E-state index contributed by atoms with van der Waals surface area (Å²) < 4.78 is 0. The van der Waals surface area contributed by atoms with Crippen molar-refractivity contribution in [3.63, 3.8) is 0 Å². The van der Waals surface area contributed by atoms with Crippen LogP contribution in [-0.2, 0) is 9.63 Å². The minimum atomic E-state index is -0.243. The highest BCUT2D eigenvalue weighted by atomic mass is 16.7. The minimum Gasteiger partial charge on any atom is -0.318 e. The third-order valence-corrected chi connectivity index (χ3v) is 1.06. The molecule has 3 nitrogen and oxygen atoms in total. The Morgan fingerprint density at radius 1 is 1.45 bits per heavy atom. The lowest BCUT2D eigenvalue weighted by molar-refractivity contribution is -0.143. The molecule has 0 aliphatic rings. The van der Waals surface area contributed by atoms with Gasteiger partial charge in [0.2, 0.25) is 0 Å². The Bertz CT molecular complexity index is 148. The Balaban J connectivity index is 3.45. The number of carbonyl (C=O) groups excluding carboxylic acids is 1. The van der Waals surface area contributed by atoms with Crippen molar-refractivity contribution in [3.8, 4) is 0 Å². The van der Waals surface area contributed by atoms with E-state index in [0.717, 1.165) is 18.6 Å². The van der Waals surface area contributed by atoms with E-state index in [9.17, 15) is 4.79 Å². The number of hydrogen-bond donors (Lipinski definition) is 0. The lowest BCUT2D eigenvalue weighted by Gasteiger charge is -1.95. The molecule has 0 N–H and O–H groups in total. The van der Waals surface area contributed by atoms with E-state index in [1.807, 2.05) is 6.92 Å². The van der Waals surface area contributed by atoms with Crippen LogP contribution in [0.2, 0.25) is 0 Å². The summed E-state index contributed by atoms with van der Waals surface area (Å²) in [7, 11) is 0. The quantitative estimate of drug-likeness (QED) is 0.356. The second-order valence-electron chi connectivity index (χ2n) is 2.61. The molecular formula is C8H15NO2. The van der Waals surface area contributed by atoms with Crippen LogP contribution >= 0.6 is 0 Å². The lowest BCUT2D eigenvalue weighted by atomic mass is 10.3. The molecule has 0 aromatic rings. The van der Waals surface area contributed by atoms with Crippen molar-refractivity contribution in [2.75, 3.05) is 0 Å². The van der Waals surface area contributed by atoms with Gasteiger partial charge in [-0.25, -0.2) is 4.79 Å². The van der Waals surface area contributed by atoms with Crippen LogP contribution in [0.3, 0.4) is 0 Å². The Labute approximate surface area is 67.4 Å². The first kappa shape index (κ1) is 10.1. The Kier molecular flexibility index (Phi) is 5.43. The minimum absolute atomic E-state index is 0.243. The Morgan fingerprint density at radius 3 is 2.55 bits per heavy atom. The number of hydrogen-bond acceptors (Lipinski definition) is 3. The van der Waals surface area contributed by atoms with Crippen LogP contribution < -0.4 is 0 Å². The maximum atomic E-state index is 10.8. The Hall–Kier alpha value is -0.860. The fourth-order valence-corrected chi connectivity index (χ4v) is 0.509. The summed E-state index contributed by atoms with van der Waals surface area (Å²) in [6.45, 7) is 5.60. The van der Waals surface area contributed by atoms with Gasteiger partial charge in [0.05, 0.1) is 5.71 Å². The molecule has 0 aliphatic heterocycles. The molecule has 0 unspecified atom stereocenters. The van der Waals surface area contributed by atoms with Crippen LogP contribution in [0.1, 0.15) is 40.0 Å². The van der Waals surface area contributed by atoms with Gasteiger partial charge in [0, 0.05) is 6.42 Å². The van der Waals surface area contributed by atoms with E-state index in [-0.39, 0.29) is 5.97 Å². The molecule has 0 spiro atoms. The fraction of sp³-hybridized carbons (Fsp3) is 0.750. The van der Waals surface area contributed by atoms with Crippen LogP contribution in [0.15, 0.2) is 5.16 Å². The van der Waals surface area contributed by atoms with Gasteiger partial charge >= 0.3 is 5.97 Å². The average molecular weight is 157 g/mol. The molecule has 0 amide bonds. The van der Waals surface area contributed by atoms with Crippen LogP contribution in [0.25, 0.3) is 0 Å². The summed E-state index contributed by atoms with van der Waals surface area (Å²) in [5.41, 5.74) is 0.759. The maximum absolute atomic E-state index is 10.8. The van der Waals surface area contributed by atoms with Gasteiger partial charge in [-0.15, -0.1) is 0 Å². The molecule has 0 radical (unpaired) electrons. The molecule has 64 valence electrons. The number of carbonyl (C=O) groups is 1. The third kappa shape index (κ3) is 7.03. The first-order chi connectivity index (χ1) is 5.16. The predicted molar refractivity (Wildman–Crippen MR) is 44.4 cm³/mol. The number of nitrogens with zero attached hydrogens (tertiary/aromatic N) is 1. The molecule has 0 aromatic heterocycles. The molecule has 0 aliphatic carbocycles. The van der Waals surface area contributed by atoms with Crippen molar-refractivity contribution in [3.05, 3.63) is 0 Å². The second kappa shape index (κ2) is 5.89. The molecule has 0 saturated heterocycles. The first-order valence-electron chi connectivity index (χ1n) is 3.88. The van der Waals surface area contributed by atoms with Crippen molar-refractivity contribution in [1.29, 1.82) is 0 Å². The SMILES string of the molecule is CCCCC(=O)ON=C(C)C. The van der Waals surface area contributed by atoms with E-state index in [1.54, 1.807) is 13.8 Å². The van der Waals surface area contributed by atoms with E-state index in [2.05, 4.69) is 9.99 Å². The highest BCUT2D eigenvalue weighted by molar-refractivity contribution is 5.79. The monoisotopic (exact) mass is 157 g/mol. The topological polar surface area (TPSA) is 38.7 Å². The summed E-state index contributed by atoms with van der Waals surface area (Å²) in [6.07, 6.45) is 2.34. The third-order valence-electron chi connectivity index (χ3n) is 1.06. The normalized spacial score (nSPS) is 9.00. The van der Waals surface area contributed by atoms with E-state index in [4.69, 9.17) is 0 Å². The van der Waals surface area contributed by atoms with Crippen LogP contribution in [-0.4, -0.2) is 11.7 Å². The van der Waals surface area contributed by atoms with Crippen molar-refractivity contribution in [2.24, 2.45) is 5.16 Å². The second-order valence-corrected chi connectivity index (χ2v) is 2.61. The first-order valence-corrected chi connectivity index (χ1v) is 3.88. The molecule has 0 atom stereocenters. The fourth-order valence-electron chi connectivity index (χ4n) is 0.509. The van der Waals surface area contributed by atoms with Gasteiger partial charge in [0.25, 0.3) is 0 Å². The standard InChI is InChI=1S/C8H15NO2/c1-4-5-6-8(10)11-9-7(2)3/h4-6H2,1-3H3. The summed E-state index contributed by atoms with van der Waals surface area (Å²) in [4.78, 5) is 15.3. The zero-order chi connectivity index (χ0) is 8.69. The van der Waals surface area contributed by atoms with Gasteiger partial charge in [-0.2, -0.15) is 0 Å². The number of oxime groups is 1. The van der Waals surface area contributed by atoms with Gasteiger partial charge in [-0.3, -0.25) is 0 Å². The molecule has 3 heteroatoms. The zero-order valence-electron chi connectivity index (χ0n) is 7.39. The van der Waals surface area contributed by atoms with Crippen LogP contribution in [0.4, 0.5) is 0 Å². The smallest absolute Gasteiger partial charge is 0.318 e. The van der Waals surface area contributed by atoms with Crippen molar-refractivity contribution >= 4 is 11.7 Å². The van der Waals surface area contributed by atoms with Gasteiger partial charge in [0.15, 0.2) is 0 Å². The van der Waals surface area contributed by atoms with Crippen molar-refractivity contribution in [1.82, 2.24) is 0 Å². The molecule has 0 bridgehead atoms. The molecule has 0 fully saturated rings. The van der Waals surface area contributed by atoms with E-state index >= 15 is 0 Å². The predicted octanol–water partition coefficient (Wildman–Crippen LogP) is 2.12. The van der Waals surface area contributed by atoms with Crippen LogP contribution in [0, 0.1) is 0 Å². The van der Waals surface area contributed by atoms with Crippen molar-refractivity contribution in [2.45, 2.75) is 40.0 Å². The Morgan fingerprint density at radius 2 is 2.09 bits per heavy atom. The van der Waals surface area contributed by atoms with Gasteiger partial charge in [0.1, 0.15) is 0 Å². The molecule has 0 aromatic carbocycles. The molecule has 0 heterocycles. The summed E-state index contributed by atoms with van der Waals surface area (Å²) in [6, 6.07) is 0. The highest BCUT2D eigenvalue weighted by Crippen LogP contribution is 1.96. The molecule has 0 saturated carbocycles. The van der Waals surface area contributed by atoms with Gasteiger partial charge < -0.3 is 4.84 Å². The van der Waals surface area contributed by atoms with Gasteiger partial charge in [-0.1, -0.05) is 18.5 Å². The average Bonchev–Trinajstić information content (AvgIpc) is 1.97. The van der Waals surface area contributed by atoms with E-state index in [0.29, 0.717) is 6.42 Å². The summed E-state index contributed by atoms with van der Waals surface area (Å²) in [5.74, 6) is -0.243. The number of unbranched alkanes of at least 4 members (excludes halogenated alkanes) is 1. The number of rotatable bonds is 4. The van der Waals surface area contributed by atoms with E-state index < -0.39 is 0 Å². The van der Waals surface area contributed by atoms with Crippen LogP contribution in [0.5, 0.6) is 0 Å². The van der Waals surface area contributed by atoms with Crippen molar-refractivity contribution < 1.29 is 9.63 Å². The maximum Gasteiger partial charge on any atom is 0.335 e. The summed E-state index contributed by atoms with van der Waals surface area (Å²) >= 11 is 0. The molecule has 0 rings (SSSR count). The zero-order valence-corrected chi connectivity index (χ0v) is 7.39. The highest BCUT2D eigenvalue weighted by Gasteiger charge is 1.99. The summed E-state index contributed by atoms with van der Waals surface area (Å²) in [5, 5.41) is 3.54. The lowest BCUT2D eigenvalue weighted by Crippen LogP contribution is -2.00. The largest absolute Gasteiger partial charge is 0.335 e. The molecule has 11 heavy (non-hydrogen) atoms. The van der Waals surface area contributed by atoms with Gasteiger partial charge in [-0.05, 0) is 20.3 Å². The molecular weight excluding hydrogens is 142 g/mol.